The minimum absolute atomic E-state index is 0.0267. The second-order valence-corrected chi connectivity index (χ2v) is 6.25. The first-order valence-corrected chi connectivity index (χ1v) is 7.27. The third-order valence-electron chi connectivity index (χ3n) is 3.20. The van der Waals surface area contributed by atoms with Crippen molar-refractivity contribution in [1.82, 2.24) is 9.97 Å². The Morgan fingerprint density at radius 2 is 2.37 bits per heavy atom. The first-order chi connectivity index (χ1) is 9.12. The Balaban J connectivity index is 1.69. The van der Waals surface area contributed by atoms with Gasteiger partial charge in [-0.1, -0.05) is 0 Å². The lowest BCUT2D eigenvalue weighted by molar-refractivity contribution is 0.0363. The molecule has 1 N–H and O–H groups in total. The first-order valence-electron chi connectivity index (χ1n) is 6.39. The molecule has 19 heavy (non-hydrogen) atoms. The SMILES string of the molecule is CC1(C)CC(Nc2nc(-c3cccnc3)cs2)CO1. The minimum Gasteiger partial charge on any atom is -0.373 e. The lowest BCUT2D eigenvalue weighted by Crippen LogP contribution is -2.22. The van der Waals surface area contributed by atoms with E-state index in [2.05, 4.69) is 34.5 Å². The Bertz CT molecular complexity index is 553. The highest BCUT2D eigenvalue weighted by Crippen LogP contribution is 2.29. The predicted octanol–water partition coefficient (Wildman–Crippen LogP) is 3.18. The fourth-order valence-corrected chi connectivity index (χ4v) is 3.09. The number of nitrogens with one attached hydrogen (secondary N) is 1. The molecular weight excluding hydrogens is 258 g/mol. The zero-order valence-corrected chi connectivity index (χ0v) is 11.9. The van der Waals surface area contributed by atoms with Gasteiger partial charge in [0.2, 0.25) is 0 Å². The third kappa shape index (κ3) is 2.93. The minimum atomic E-state index is -0.0267. The lowest BCUT2D eigenvalue weighted by Gasteiger charge is -2.15. The van der Waals surface area contributed by atoms with Gasteiger partial charge in [0.15, 0.2) is 5.13 Å². The van der Waals surface area contributed by atoms with E-state index in [0.29, 0.717) is 6.04 Å². The van der Waals surface area contributed by atoms with E-state index in [9.17, 15) is 0 Å². The molecular formula is C14H17N3OS. The highest BCUT2D eigenvalue weighted by molar-refractivity contribution is 7.14. The molecule has 0 aliphatic carbocycles. The standard InChI is InChI=1S/C14H17N3OS/c1-14(2)6-11(8-18-14)16-13-17-12(9-19-13)10-4-3-5-15-7-10/h3-5,7,9,11H,6,8H2,1-2H3,(H,16,17). The van der Waals surface area contributed by atoms with E-state index < -0.39 is 0 Å². The van der Waals surface area contributed by atoms with Crippen LogP contribution in [0.2, 0.25) is 0 Å². The Morgan fingerprint density at radius 3 is 3.05 bits per heavy atom. The van der Waals surface area contributed by atoms with E-state index in [4.69, 9.17) is 4.74 Å². The molecule has 3 heterocycles. The van der Waals surface area contributed by atoms with Gasteiger partial charge in [-0.15, -0.1) is 11.3 Å². The van der Waals surface area contributed by atoms with E-state index in [1.165, 1.54) is 0 Å². The average molecular weight is 275 g/mol. The summed E-state index contributed by atoms with van der Waals surface area (Å²) in [4.78, 5) is 8.72. The van der Waals surface area contributed by atoms with Gasteiger partial charge in [-0.25, -0.2) is 4.98 Å². The Labute approximate surface area is 116 Å². The van der Waals surface area contributed by atoms with Gasteiger partial charge in [0.05, 0.1) is 23.9 Å². The zero-order valence-electron chi connectivity index (χ0n) is 11.1. The molecule has 1 unspecified atom stereocenters. The summed E-state index contributed by atoms with van der Waals surface area (Å²) in [5.41, 5.74) is 2.00. The second-order valence-electron chi connectivity index (χ2n) is 5.40. The van der Waals surface area contributed by atoms with Crippen LogP contribution in [-0.4, -0.2) is 28.2 Å². The van der Waals surface area contributed by atoms with Crippen LogP contribution in [0, 0.1) is 0 Å². The van der Waals surface area contributed by atoms with Crippen molar-refractivity contribution < 1.29 is 4.74 Å². The van der Waals surface area contributed by atoms with Gasteiger partial charge >= 0.3 is 0 Å². The molecule has 1 saturated heterocycles. The Kier molecular flexibility index (Phi) is 3.24. The predicted molar refractivity (Wildman–Crippen MR) is 77.4 cm³/mol. The smallest absolute Gasteiger partial charge is 0.183 e. The average Bonchev–Trinajstić information content (AvgIpc) is 2.98. The molecule has 1 aliphatic rings. The van der Waals surface area contributed by atoms with Crippen LogP contribution < -0.4 is 5.32 Å². The Hall–Kier alpha value is -1.46. The van der Waals surface area contributed by atoms with E-state index in [0.717, 1.165) is 29.4 Å². The van der Waals surface area contributed by atoms with Crippen molar-refractivity contribution in [3.8, 4) is 11.3 Å². The van der Waals surface area contributed by atoms with Gasteiger partial charge in [0.1, 0.15) is 0 Å². The van der Waals surface area contributed by atoms with Crippen LogP contribution in [0.3, 0.4) is 0 Å². The van der Waals surface area contributed by atoms with Crippen LogP contribution in [-0.2, 0) is 4.74 Å². The quantitative estimate of drug-likeness (QED) is 0.934. The number of aromatic nitrogens is 2. The number of hydrogen-bond acceptors (Lipinski definition) is 5. The highest BCUT2D eigenvalue weighted by Gasteiger charge is 2.32. The van der Waals surface area contributed by atoms with Gasteiger partial charge in [-0.3, -0.25) is 4.98 Å². The summed E-state index contributed by atoms with van der Waals surface area (Å²) >= 11 is 1.63. The first kappa shape index (κ1) is 12.6. The van der Waals surface area contributed by atoms with Crippen LogP contribution in [0.5, 0.6) is 0 Å². The van der Waals surface area contributed by atoms with E-state index in [1.807, 2.05) is 18.3 Å². The maximum Gasteiger partial charge on any atom is 0.183 e. The molecule has 0 spiro atoms. The molecule has 0 saturated carbocycles. The summed E-state index contributed by atoms with van der Waals surface area (Å²) in [5.74, 6) is 0. The van der Waals surface area contributed by atoms with Gasteiger partial charge < -0.3 is 10.1 Å². The highest BCUT2D eigenvalue weighted by atomic mass is 32.1. The molecule has 100 valence electrons. The number of nitrogens with zero attached hydrogens (tertiary/aromatic N) is 2. The largest absolute Gasteiger partial charge is 0.373 e. The van der Waals surface area contributed by atoms with Crippen molar-refractivity contribution in [2.75, 3.05) is 11.9 Å². The van der Waals surface area contributed by atoms with E-state index in [-0.39, 0.29) is 5.60 Å². The molecule has 1 aliphatic heterocycles. The van der Waals surface area contributed by atoms with Crippen molar-refractivity contribution in [1.29, 1.82) is 0 Å². The van der Waals surface area contributed by atoms with Crippen LogP contribution in [0.1, 0.15) is 20.3 Å². The summed E-state index contributed by atoms with van der Waals surface area (Å²) in [6.07, 6.45) is 4.61. The van der Waals surface area contributed by atoms with Crippen LogP contribution in [0.25, 0.3) is 11.3 Å². The molecule has 0 amide bonds. The molecule has 5 heteroatoms. The van der Waals surface area contributed by atoms with Gasteiger partial charge in [-0.05, 0) is 32.4 Å². The number of hydrogen-bond donors (Lipinski definition) is 1. The monoisotopic (exact) mass is 275 g/mol. The molecule has 0 aromatic carbocycles. The summed E-state index contributed by atoms with van der Waals surface area (Å²) < 4.78 is 5.72. The van der Waals surface area contributed by atoms with Crippen molar-refractivity contribution in [3.63, 3.8) is 0 Å². The number of thiazole rings is 1. The maximum atomic E-state index is 5.72. The van der Waals surface area contributed by atoms with Crippen molar-refractivity contribution in [2.24, 2.45) is 0 Å². The summed E-state index contributed by atoms with van der Waals surface area (Å²) in [5, 5.41) is 6.45. The van der Waals surface area contributed by atoms with Gasteiger partial charge in [0, 0.05) is 23.3 Å². The molecule has 2 aromatic heterocycles. The fourth-order valence-electron chi connectivity index (χ4n) is 2.29. The fraction of sp³-hybridized carbons (Fsp3) is 0.429. The molecule has 1 atom stereocenters. The summed E-state index contributed by atoms with van der Waals surface area (Å²) in [6.45, 7) is 4.99. The third-order valence-corrected chi connectivity index (χ3v) is 3.98. The summed E-state index contributed by atoms with van der Waals surface area (Å²) in [6, 6.07) is 4.30. The van der Waals surface area contributed by atoms with Crippen LogP contribution >= 0.6 is 11.3 Å². The van der Waals surface area contributed by atoms with Crippen molar-refractivity contribution >= 4 is 16.5 Å². The molecule has 3 rings (SSSR count). The zero-order chi connectivity index (χ0) is 13.3. The van der Waals surface area contributed by atoms with Crippen molar-refractivity contribution in [3.05, 3.63) is 29.9 Å². The van der Waals surface area contributed by atoms with Crippen LogP contribution in [0.15, 0.2) is 29.9 Å². The van der Waals surface area contributed by atoms with E-state index in [1.54, 1.807) is 17.5 Å². The number of pyridine rings is 1. The maximum absolute atomic E-state index is 5.72. The molecule has 2 aromatic rings. The lowest BCUT2D eigenvalue weighted by atomic mass is 10.0. The van der Waals surface area contributed by atoms with Crippen LogP contribution in [0.4, 0.5) is 5.13 Å². The van der Waals surface area contributed by atoms with E-state index >= 15 is 0 Å². The number of anilines is 1. The molecule has 0 bridgehead atoms. The molecule has 1 fully saturated rings. The number of ether oxygens (including phenoxy) is 1. The van der Waals surface area contributed by atoms with Crippen molar-refractivity contribution in [2.45, 2.75) is 31.9 Å². The normalized spacial score (nSPS) is 21.5. The molecule has 4 nitrogen and oxygen atoms in total. The van der Waals surface area contributed by atoms with Gasteiger partial charge in [-0.2, -0.15) is 0 Å². The topological polar surface area (TPSA) is 47.0 Å². The van der Waals surface area contributed by atoms with Gasteiger partial charge in [0.25, 0.3) is 0 Å². The second kappa shape index (κ2) is 4.90. The molecule has 0 radical (unpaired) electrons. The Morgan fingerprint density at radius 1 is 1.47 bits per heavy atom. The summed E-state index contributed by atoms with van der Waals surface area (Å²) in [7, 11) is 0. The number of rotatable bonds is 3.